The highest BCUT2D eigenvalue weighted by molar-refractivity contribution is 5.92. The van der Waals surface area contributed by atoms with E-state index in [9.17, 15) is 18.4 Å². The Morgan fingerprint density at radius 2 is 1.82 bits per heavy atom. The van der Waals surface area contributed by atoms with Gasteiger partial charge in [0, 0.05) is 6.42 Å². The molecule has 4 nitrogen and oxygen atoms in total. The number of carbonyl (C=O) groups excluding carboxylic acids is 2. The van der Waals surface area contributed by atoms with Crippen LogP contribution in [0.15, 0.2) is 18.2 Å². The summed E-state index contributed by atoms with van der Waals surface area (Å²) in [5.74, 6) is -2.94. The summed E-state index contributed by atoms with van der Waals surface area (Å²) >= 11 is 0. The fraction of sp³-hybridized carbons (Fsp3) is 0.273. The maximum Gasteiger partial charge on any atom is 0.306 e. The third-order valence-electron chi connectivity index (χ3n) is 2.01. The summed E-state index contributed by atoms with van der Waals surface area (Å²) in [5.41, 5.74) is -0.512. The first-order valence-electron chi connectivity index (χ1n) is 4.85. The number of esters is 1. The van der Waals surface area contributed by atoms with Crippen LogP contribution in [0, 0.1) is 11.6 Å². The number of anilines is 1. The van der Waals surface area contributed by atoms with Crippen molar-refractivity contribution in [1.29, 1.82) is 0 Å². The van der Waals surface area contributed by atoms with Crippen LogP contribution in [-0.4, -0.2) is 19.0 Å². The average Bonchev–Trinajstić information content (AvgIpc) is 2.31. The van der Waals surface area contributed by atoms with Crippen LogP contribution in [0.4, 0.5) is 14.5 Å². The first-order valence-corrected chi connectivity index (χ1v) is 4.85. The molecule has 6 heteroatoms. The van der Waals surface area contributed by atoms with Crippen molar-refractivity contribution in [2.24, 2.45) is 0 Å². The number of rotatable bonds is 4. The predicted octanol–water partition coefficient (Wildman–Crippen LogP) is 1.86. The van der Waals surface area contributed by atoms with Gasteiger partial charge < -0.3 is 10.1 Å². The van der Waals surface area contributed by atoms with Gasteiger partial charge in [-0.25, -0.2) is 8.78 Å². The van der Waals surface area contributed by atoms with E-state index in [1.54, 1.807) is 0 Å². The van der Waals surface area contributed by atoms with E-state index in [0.29, 0.717) is 0 Å². The van der Waals surface area contributed by atoms with Crippen molar-refractivity contribution in [2.45, 2.75) is 12.8 Å². The molecule has 0 bridgehead atoms. The van der Waals surface area contributed by atoms with Crippen LogP contribution in [0.2, 0.25) is 0 Å². The molecule has 0 fully saturated rings. The van der Waals surface area contributed by atoms with E-state index >= 15 is 0 Å². The number of hydrogen-bond donors (Lipinski definition) is 1. The molecule has 0 saturated carbocycles. The zero-order valence-corrected chi connectivity index (χ0v) is 9.13. The van der Waals surface area contributed by atoms with E-state index in [1.807, 2.05) is 0 Å². The number of halogens is 2. The van der Waals surface area contributed by atoms with Crippen LogP contribution < -0.4 is 5.32 Å². The van der Waals surface area contributed by atoms with Crippen LogP contribution >= 0.6 is 0 Å². The van der Waals surface area contributed by atoms with Crippen LogP contribution in [0.25, 0.3) is 0 Å². The van der Waals surface area contributed by atoms with Gasteiger partial charge in [0.15, 0.2) is 0 Å². The summed E-state index contributed by atoms with van der Waals surface area (Å²) in [6.07, 6.45) is -0.334. The maximum atomic E-state index is 13.1. The van der Waals surface area contributed by atoms with Gasteiger partial charge in [0.1, 0.15) is 17.3 Å². The molecule has 1 aromatic carbocycles. The number of amides is 1. The molecule has 0 spiro atoms. The van der Waals surface area contributed by atoms with Crippen molar-refractivity contribution in [3.63, 3.8) is 0 Å². The Balaban J connectivity index is 2.59. The highest BCUT2D eigenvalue weighted by Crippen LogP contribution is 2.18. The highest BCUT2D eigenvalue weighted by Gasteiger charge is 2.12. The molecule has 0 aliphatic carbocycles. The molecule has 0 unspecified atom stereocenters. The monoisotopic (exact) mass is 243 g/mol. The van der Waals surface area contributed by atoms with Gasteiger partial charge in [0.25, 0.3) is 0 Å². The summed E-state index contributed by atoms with van der Waals surface area (Å²) in [6, 6.07) is 3.24. The Morgan fingerprint density at radius 1 is 1.24 bits per heavy atom. The van der Waals surface area contributed by atoms with Crippen LogP contribution in [0.3, 0.4) is 0 Å². The van der Waals surface area contributed by atoms with E-state index in [0.717, 1.165) is 12.1 Å². The van der Waals surface area contributed by atoms with Gasteiger partial charge in [-0.15, -0.1) is 0 Å². The molecule has 0 saturated heterocycles. The molecule has 0 aromatic heterocycles. The summed E-state index contributed by atoms with van der Waals surface area (Å²) < 4.78 is 30.6. The second-order valence-corrected chi connectivity index (χ2v) is 3.22. The number of para-hydroxylation sites is 1. The molecule has 0 aliphatic heterocycles. The fourth-order valence-corrected chi connectivity index (χ4v) is 1.14. The molecular formula is C11H11F2NO3. The molecule has 1 N–H and O–H groups in total. The van der Waals surface area contributed by atoms with Crippen molar-refractivity contribution in [1.82, 2.24) is 0 Å². The lowest BCUT2D eigenvalue weighted by Gasteiger charge is -2.06. The Morgan fingerprint density at radius 3 is 2.35 bits per heavy atom. The van der Waals surface area contributed by atoms with E-state index in [1.165, 1.54) is 13.2 Å². The van der Waals surface area contributed by atoms with E-state index in [4.69, 9.17) is 0 Å². The Kier molecular flexibility index (Phi) is 4.56. The van der Waals surface area contributed by atoms with Crippen LogP contribution in [0.5, 0.6) is 0 Å². The molecule has 0 heterocycles. The third kappa shape index (κ3) is 3.82. The van der Waals surface area contributed by atoms with Gasteiger partial charge >= 0.3 is 5.97 Å². The zero-order valence-electron chi connectivity index (χ0n) is 9.13. The van der Waals surface area contributed by atoms with E-state index in [-0.39, 0.29) is 12.8 Å². The molecule has 1 aromatic rings. The summed E-state index contributed by atoms with van der Waals surface area (Å²) in [6.45, 7) is 0. The van der Waals surface area contributed by atoms with Gasteiger partial charge in [-0.05, 0) is 12.1 Å². The Labute approximate surface area is 96.6 Å². The normalized spacial score (nSPS) is 9.82. The van der Waals surface area contributed by atoms with Gasteiger partial charge in [-0.2, -0.15) is 0 Å². The lowest BCUT2D eigenvalue weighted by molar-refractivity contribution is -0.141. The van der Waals surface area contributed by atoms with Crippen molar-refractivity contribution in [3.05, 3.63) is 29.8 Å². The number of carbonyl (C=O) groups is 2. The minimum atomic E-state index is -0.864. The van der Waals surface area contributed by atoms with Gasteiger partial charge in [0.2, 0.25) is 5.91 Å². The average molecular weight is 243 g/mol. The van der Waals surface area contributed by atoms with Crippen molar-refractivity contribution in [3.8, 4) is 0 Å². The van der Waals surface area contributed by atoms with E-state index < -0.39 is 29.2 Å². The summed E-state index contributed by atoms with van der Waals surface area (Å²) in [4.78, 5) is 22.0. The molecule has 0 radical (unpaired) electrons. The topological polar surface area (TPSA) is 55.4 Å². The second-order valence-electron chi connectivity index (χ2n) is 3.22. The Hall–Kier alpha value is -1.98. The molecule has 0 aliphatic rings. The summed E-state index contributed by atoms with van der Waals surface area (Å²) in [5, 5.41) is 2.06. The van der Waals surface area contributed by atoms with Crippen molar-refractivity contribution < 1.29 is 23.1 Å². The lowest BCUT2D eigenvalue weighted by atomic mass is 10.2. The largest absolute Gasteiger partial charge is 0.469 e. The van der Waals surface area contributed by atoms with Crippen molar-refractivity contribution >= 4 is 17.6 Å². The number of nitrogens with one attached hydrogen (secondary N) is 1. The molecule has 17 heavy (non-hydrogen) atoms. The van der Waals surface area contributed by atoms with Gasteiger partial charge in [-0.1, -0.05) is 6.07 Å². The zero-order chi connectivity index (χ0) is 12.8. The maximum absolute atomic E-state index is 13.1. The minimum Gasteiger partial charge on any atom is -0.469 e. The van der Waals surface area contributed by atoms with Crippen molar-refractivity contribution in [2.75, 3.05) is 12.4 Å². The number of hydrogen-bond acceptors (Lipinski definition) is 3. The SMILES string of the molecule is COC(=O)CCC(=O)Nc1c(F)cccc1F. The van der Waals surface area contributed by atoms with E-state index in [2.05, 4.69) is 10.1 Å². The molecule has 92 valence electrons. The number of methoxy groups -OCH3 is 1. The van der Waals surface area contributed by atoms with Crippen LogP contribution in [-0.2, 0) is 14.3 Å². The minimum absolute atomic E-state index is 0.140. The number of benzene rings is 1. The smallest absolute Gasteiger partial charge is 0.306 e. The first-order chi connectivity index (χ1) is 8.04. The number of ether oxygens (including phenoxy) is 1. The lowest BCUT2D eigenvalue weighted by Crippen LogP contribution is -2.15. The second kappa shape index (κ2) is 5.93. The quantitative estimate of drug-likeness (QED) is 0.821. The highest BCUT2D eigenvalue weighted by atomic mass is 19.1. The standard InChI is InChI=1S/C11H11F2NO3/c1-17-10(16)6-5-9(15)14-11-7(12)3-2-4-8(11)13/h2-4H,5-6H2,1H3,(H,14,15). The first kappa shape index (κ1) is 13.1. The third-order valence-corrected chi connectivity index (χ3v) is 2.01. The van der Waals surface area contributed by atoms with Crippen LogP contribution in [0.1, 0.15) is 12.8 Å². The fourth-order valence-electron chi connectivity index (χ4n) is 1.14. The Bertz CT molecular complexity index is 414. The molecular weight excluding hydrogens is 232 g/mol. The molecule has 1 rings (SSSR count). The predicted molar refractivity (Wildman–Crippen MR) is 56.2 cm³/mol. The molecule has 1 amide bonds. The van der Waals surface area contributed by atoms with Gasteiger partial charge in [0.05, 0.1) is 13.5 Å². The molecule has 0 atom stereocenters. The van der Waals surface area contributed by atoms with Gasteiger partial charge in [-0.3, -0.25) is 9.59 Å². The summed E-state index contributed by atoms with van der Waals surface area (Å²) in [7, 11) is 1.19.